The number of aromatic nitrogens is 3. The molecule has 0 saturated carbocycles. The normalized spacial score (nSPS) is 13.1. The molecule has 0 aliphatic carbocycles. The Hall–Kier alpha value is -1.79. The Morgan fingerprint density at radius 1 is 1.39 bits per heavy atom. The maximum atomic E-state index is 13.1. The van der Waals surface area contributed by atoms with E-state index in [0.29, 0.717) is 0 Å². The van der Waals surface area contributed by atoms with Crippen molar-refractivity contribution in [3.05, 3.63) is 46.9 Å². The van der Waals surface area contributed by atoms with Gasteiger partial charge in [-0.3, -0.25) is 4.68 Å². The minimum absolute atomic E-state index is 0.234. The minimum Gasteiger partial charge on any atom is -0.318 e. The van der Waals surface area contributed by atoms with Crippen molar-refractivity contribution in [2.75, 3.05) is 0 Å². The average molecular weight is 262 g/mol. The Kier molecular flexibility index (Phi) is 2.61. The van der Waals surface area contributed by atoms with Gasteiger partial charge in [0, 0.05) is 16.6 Å². The molecule has 0 saturated heterocycles. The number of thiophene rings is 1. The molecule has 6 heteroatoms. The zero-order valence-electron chi connectivity index (χ0n) is 9.67. The van der Waals surface area contributed by atoms with Gasteiger partial charge in [0.2, 0.25) is 0 Å². The molecule has 0 fully saturated rings. The highest BCUT2D eigenvalue weighted by atomic mass is 32.1. The second kappa shape index (κ2) is 4.15. The third-order valence-corrected chi connectivity index (χ3v) is 4.07. The summed E-state index contributed by atoms with van der Waals surface area (Å²) in [6.07, 6.45) is 1.65. The molecular weight excluding hydrogens is 251 g/mol. The van der Waals surface area contributed by atoms with Crippen LogP contribution in [0.3, 0.4) is 0 Å². The molecule has 0 spiro atoms. The molecule has 1 aromatic carbocycles. The van der Waals surface area contributed by atoms with Crippen molar-refractivity contribution in [2.45, 2.75) is 6.04 Å². The summed E-state index contributed by atoms with van der Waals surface area (Å²) in [5.74, 6) is -0.234. The lowest BCUT2D eigenvalue weighted by molar-refractivity contribution is 0.630. The number of hydrogen-bond donors (Lipinski definition) is 1. The van der Waals surface area contributed by atoms with E-state index in [-0.39, 0.29) is 11.9 Å². The monoisotopic (exact) mass is 262 g/mol. The molecule has 0 bridgehead atoms. The fraction of sp³-hybridized carbons (Fsp3) is 0.167. The van der Waals surface area contributed by atoms with Crippen molar-refractivity contribution in [2.24, 2.45) is 12.8 Å². The van der Waals surface area contributed by atoms with Crippen molar-refractivity contribution < 1.29 is 4.39 Å². The Balaban J connectivity index is 2.07. The summed E-state index contributed by atoms with van der Waals surface area (Å²) >= 11 is 1.56. The van der Waals surface area contributed by atoms with E-state index < -0.39 is 0 Å². The van der Waals surface area contributed by atoms with Gasteiger partial charge in [-0.1, -0.05) is 5.21 Å². The van der Waals surface area contributed by atoms with Crippen molar-refractivity contribution in [3.63, 3.8) is 0 Å². The van der Waals surface area contributed by atoms with Crippen molar-refractivity contribution in [3.8, 4) is 0 Å². The molecule has 2 aromatic heterocycles. The van der Waals surface area contributed by atoms with Crippen LogP contribution in [0.4, 0.5) is 4.39 Å². The van der Waals surface area contributed by atoms with Gasteiger partial charge >= 0.3 is 0 Å². The van der Waals surface area contributed by atoms with E-state index in [0.717, 1.165) is 20.7 Å². The molecule has 3 rings (SSSR count). The highest BCUT2D eigenvalue weighted by Gasteiger charge is 2.16. The van der Waals surface area contributed by atoms with Crippen molar-refractivity contribution in [1.29, 1.82) is 0 Å². The lowest BCUT2D eigenvalue weighted by Crippen LogP contribution is -2.14. The summed E-state index contributed by atoms with van der Waals surface area (Å²) in [5, 5.41) is 8.55. The fourth-order valence-electron chi connectivity index (χ4n) is 1.91. The highest BCUT2D eigenvalue weighted by molar-refractivity contribution is 7.19. The van der Waals surface area contributed by atoms with Gasteiger partial charge in [-0.25, -0.2) is 4.39 Å². The van der Waals surface area contributed by atoms with E-state index >= 15 is 0 Å². The van der Waals surface area contributed by atoms with Crippen LogP contribution in [0, 0.1) is 5.82 Å². The van der Waals surface area contributed by atoms with Crippen LogP contribution in [-0.2, 0) is 7.05 Å². The summed E-state index contributed by atoms with van der Waals surface area (Å²) in [6.45, 7) is 0. The second-order valence-corrected chi connectivity index (χ2v) is 5.21. The molecule has 0 amide bonds. The van der Waals surface area contributed by atoms with Gasteiger partial charge in [0.1, 0.15) is 5.82 Å². The number of nitrogens with two attached hydrogens (primary N) is 1. The number of aryl methyl sites for hydroxylation is 1. The lowest BCUT2D eigenvalue weighted by atomic mass is 10.1. The van der Waals surface area contributed by atoms with Gasteiger partial charge in [-0.15, -0.1) is 16.4 Å². The summed E-state index contributed by atoms with van der Waals surface area (Å²) < 4.78 is 15.8. The molecule has 18 heavy (non-hydrogen) atoms. The molecule has 0 radical (unpaired) electrons. The average Bonchev–Trinajstić information content (AvgIpc) is 2.93. The van der Waals surface area contributed by atoms with Gasteiger partial charge in [-0.2, -0.15) is 0 Å². The van der Waals surface area contributed by atoms with Crippen LogP contribution in [0.2, 0.25) is 0 Å². The molecule has 2 heterocycles. The molecule has 0 aliphatic rings. The van der Waals surface area contributed by atoms with Gasteiger partial charge in [0.25, 0.3) is 0 Å². The molecule has 92 valence electrons. The van der Waals surface area contributed by atoms with Gasteiger partial charge in [0.05, 0.1) is 17.9 Å². The first-order valence-corrected chi connectivity index (χ1v) is 6.26. The molecule has 4 nitrogen and oxygen atoms in total. The smallest absolute Gasteiger partial charge is 0.123 e. The lowest BCUT2D eigenvalue weighted by Gasteiger charge is -2.07. The van der Waals surface area contributed by atoms with Crippen LogP contribution >= 0.6 is 11.3 Å². The molecule has 1 unspecified atom stereocenters. The molecule has 2 N–H and O–H groups in total. The predicted molar refractivity (Wildman–Crippen MR) is 68.8 cm³/mol. The number of nitrogens with zero attached hydrogens (tertiary/aromatic N) is 3. The number of fused-ring (bicyclic) bond motifs is 1. The summed E-state index contributed by atoms with van der Waals surface area (Å²) in [7, 11) is 1.80. The quantitative estimate of drug-likeness (QED) is 0.770. The SMILES string of the molecule is Cn1nncc1C(N)c1cc2cc(F)ccc2s1. The summed E-state index contributed by atoms with van der Waals surface area (Å²) in [6, 6.07) is 6.38. The largest absolute Gasteiger partial charge is 0.318 e. The Bertz CT molecular complexity index is 703. The fourth-order valence-corrected chi connectivity index (χ4v) is 2.97. The van der Waals surface area contributed by atoms with E-state index in [2.05, 4.69) is 10.3 Å². The maximum Gasteiger partial charge on any atom is 0.123 e. The summed E-state index contributed by atoms with van der Waals surface area (Å²) in [5.41, 5.74) is 7.01. The first-order chi connectivity index (χ1) is 8.65. The first kappa shape index (κ1) is 11.3. The van der Waals surface area contributed by atoms with Crippen molar-refractivity contribution >= 4 is 21.4 Å². The van der Waals surface area contributed by atoms with E-state index in [1.54, 1.807) is 35.3 Å². The third kappa shape index (κ3) is 1.79. The van der Waals surface area contributed by atoms with Gasteiger partial charge in [-0.05, 0) is 29.7 Å². The van der Waals surface area contributed by atoms with Crippen LogP contribution in [0.25, 0.3) is 10.1 Å². The minimum atomic E-state index is -0.287. The number of benzene rings is 1. The second-order valence-electron chi connectivity index (χ2n) is 4.09. The summed E-state index contributed by atoms with van der Waals surface area (Å²) in [4.78, 5) is 0.973. The predicted octanol–water partition coefficient (Wildman–Crippen LogP) is 2.22. The number of hydrogen-bond acceptors (Lipinski definition) is 4. The number of rotatable bonds is 2. The van der Waals surface area contributed by atoms with Crippen LogP contribution < -0.4 is 5.73 Å². The van der Waals surface area contributed by atoms with Crippen LogP contribution in [0.5, 0.6) is 0 Å². The van der Waals surface area contributed by atoms with Crippen LogP contribution in [-0.4, -0.2) is 15.0 Å². The van der Waals surface area contributed by atoms with Crippen LogP contribution in [0.1, 0.15) is 16.6 Å². The zero-order chi connectivity index (χ0) is 12.7. The van der Waals surface area contributed by atoms with E-state index in [9.17, 15) is 4.39 Å². The maximum absolute atomic E-state index is 13.1. The standard InChI is InChI=1S/C12H11FN4S/c1-17-9(6-15-16-17)12(14)11-5-7-4-8(13)2-3-10(7)18-11/h2-6,12H,14H2,1H3. The molecule has 0 aliphatic heterocycles. The number of halogens is 1. The van der Waals surface area contributed by atoms with Crippen LogP contribution in [0.15, 0.2) is 30.5 Å². The van der Waals surface area contributed by atoms with E-state index in [4.69, 9.17) is 5.73 Å². The Morgan fingerprint density at radius 2 is 2.22 bits per heavy atom. The molecule has 1 atom stereocenters. The van der Waals surface area contributed by atoms with E-state index in [1.807, 2.05) is 6.07 Å². The Labute approximate surface area is 107 Å². The van der Waals surface area contributed by atoms with Gasteiger partial charge in [0.15, 0.2) is 0 Å². The topological polar surface area (TPSA) is 56.7 Å². The van der Waals surface area contributed by atoms with Gasteiger partial charge < -0.3 is 5.73 Å². The molecule has 3 aromatic rings. The first-order valence-electron chi connectivity index (χ1n) is 5.44. The highest BCUT2D eigenvalue weighted by Crippen LogP contribution is 2.31. The molecular formula is C12H11FN4S. The zero-order valence-corrected chi connectivity index (χ0v) is 10.5. The van der Waals surface area contributed by atoms with Crippen molar-refractivity contribution in [1.82, 2.24) is 15.0 Å². The van der Waals surface area contributed by atoms with E-state index in [1.165, 1.54) is 12.1 Å². The Morgan fingerprint density at radius 3 is 2.94 bits per heavy atom. The third-order valence-electron chi connectivity index (χ3n) is 2.87.